The molecule has 0 atom stereocenters. The summed E-state index contributed by atoms with van der Waals surface area (Å²) in [4.78, 5) is 26.5. The smallest absolute Gasteiger partial charge is 0.363 e. The lowest BCUT2D eigenvalue weighted by Crippen LogP contribution is -2.04. The zero-order valence-corrected chi connectivity index (χ0v) is 12.4. The summed E-state index contributed by atoms with van der Waals surface area (Å²) in [6, 6.07) is 3.11. The lowest BCUT2D eigenvalue weighted by Gasteiger charge is -2.10. The first-order chi connectivity index (χ1) is 9.90. The molecule has 0 spiro atoms. The Morgan fingerprint density at radius 2 is 2.14 bits per heavy atom. The van der Waals surface area contributed by atoms with Crippen molar-refractivity contribution >= 4 is 35.5 Å². The minimum atomic E-state index is -0.536. The van der Waals surface area contributed by atoms with Crippen LogP contribution in [0.3, 0.4) is 0 Å². The third-order valence-electron chi connectivity index (χ3n) is 2.53. The third-order valence-corrected chi connectivity index (χ3v) is 2.81. The lowest BCUT2D eigenvalue weighted by molar-refractivity contribution is -0.132. The van der Waals surface area contributed by atoms with Gasteiger partial charge in [0.25, 0.3) is 0 Å². The van der Waals surface area contributed by atoms with Gasteiger partial charge in [-0.15, -0.1) is 0 Å². The monoisotopic (exact) mass is 309 g/mol. The van der Waals surface area contributed by atoms with Crippen LogP contribution in [0.2, 0.25) is 5.02 Å². The van der Waals surface area contributed by atoms with Crippen molar-refractivity contribution in [1.29, 1.82) is 0 Å². The number of rotatable bonds is 3. The van der Waals surface area contributed by atoms with Crippen LogP contribution in [0.15, 0.2) is 22.8 Å². The van der Waals surface area contributed by atoms with E-state index in [1.54, 1.807) is 13.0 Å². The second kappa shape index (κ2) is 5.97. The Labute approximate surface area is 126 Å². The molecule has 1 aromatic rings. The van der Waals surface area contributed by atoms with Crippen molar-refractivity contribution in [3.63, 3.8) is 0 Å². The van der Waals surface area contributed by atoms with Crippen LogP contribution in [0.4, 0.5) is 0 Å². The number of cyclic esters (lactones) is 1. The maximum absolute atomic E-state index is 11.5. The van der Waals surface area contributed by atoms with Gasteiger partial charge in [0, 0.05) is 13.8 Å². The Bertz CT molecular complexity index is 678. The van der Waals surface area contributed by atoms with Gasteiger partial charge in [-0.25, -0.2) is 9.79 Å². The number of benzene rings is 1. The van der Waals surface area contributed by atoms with Crippen molar-refractivity contribution < 1.29 is 23.8 Å². The summed E-state index contributed by atoms with van der Waals surface area (Å²) in [6.45, 7) is 2.84. The Morgan fingerprint density at radius 1 is 1.43 bits per heavy atom. The van der Waals surface area contributed by atoms with Crippen LogP contribution in [-0.4, -0.2) is 24.9 Å². The van der Waals surface area contributed by atoms with E-state index >= 15 is 0 Å². The topological polar surface area (TPSA) is 74.2 Å². The van der Waals surface area contributed by atoms with E-state index in [1.807, 2.05) is 0 Å². The number of carbonyl (C=O) groups is 2. The van der Waals surface area contributed by atoms with Crippen molar-refractivity contribution in [2.24, 2.45) is 4.99 Å². The van der Waals surface area contributed by atoms with Crippen LogP contribution in [0.1, 0.15) is 19.4 Å². The van der Waals surface area contributed by atoms with Crippen LogP contribution in [0.5, 0.6) is 11.5 Å². The second-order valence-electron chi connectivity index (χ2n) is 4.18. The standard InChI is InChI=1S/C14H12ClNO5/c1-7-16-11(14(18)20-7)5-9-4-10(15)13(21-8(2)17)12(6-9)19-3/h4-6H,1-3H3/b11-5-. The molecule has 0 fully saturated rings. The van der Waals surface area contributed by atoms with Crippen molar-refractivity contribution in [1.82, 2.24) is 0 Å². The number of nitrogens with zero attached hydrogens (tertiary/aromatic N) is 1. The molecule has 0 saturated carbocycles. The number of carbonyl (C=O) groups excluding carboxylic acids is 2. The molecule has 0 unspecified atom stereocenters. The molecule has 110 valence electrons. The summed E-state index contributed by atoms with van der Waals surface area (Å²) in [5, 5.41) is 0.184. The van der Waals surface area contributed by atoms with Crippen molar-refractivity contribution in [3.8, 4) is 11.5 Å². The quantitative estimate of drug-likeness (QED) is 0.487. The van der Waals surface area contributed by atoms with Crippen LogP contribution in [0, 0.1) is 0 Å². The van der Waals surface area contributed by atoms with E-state index in [4.69, 9.17) is 25.8 Å². The number of methoxy groups -OCH3 is 1. The van der Waals surface area contributed by atoms with Gasteiger partial charge in [0.15, 0.2) is 23.1 Å². The summed E-state index contributed by atoms with van der Waals surface area (Å²) in [5.74, 6) is -0.368. The number of aliphatic imine (C=N–C) groups is 1. The molecule has 21 heavy (non-hydrogen) atoms. The minimum absolute atomic E-state index is 0.127. The molecule has 7 heteroatoms. The van der Waals surface area contributed by atoms with Crippen molar-refractivity contribution in [2.45, 2.75) is 13.8 Å². The van der Waals surface area contributed by atoms with E-state index in [-0.39, 0.29) is 28.1 Å². The molecule has 1 aromatic carbocycles. The number of hydrogen-bond donors (Lipinski definition) is 0. The van der Waals surface area contributed by atoms with E-state index < -0.39 is 11.9 Å². The average Bonchev–Trinajstić information content (AvgIpc) is 2.70. The zero-order chi connectivity index (χ0) is 15.6. The largest absolute Gasteiger partial charge is 0.493 e. The zero-order valence-electron chi connectivity index (χ0n) is 11.6. The van der Waals surface area contributed by atoms with Gasteiger partial charge in [0.2, 0.25) is 0 Å². The normalized spacial score (nSPS) is 15.7. The number of ether oxygens (including phenoxy) is 3. The summed E-state index contributed by atoms with van der Waals surface area (Å²) in [7, 11) is 1.42. The Morgan fingerprint density at radius 3 is 2.67 bits per heavy atom. The first kappa shape index (κ1) is 15.1. The molecule has 0 bridgehead atoms. The molecule has 2 rings (SSSR count). The van der Waals surface area contributed by atoms with Crippen molar-refractivity contribution in [3.05, 3.63) is 28.4 Å². The Balaban J connectivity index is 2.43. The third kappa shape index (κ3) is 3.41. The molecular formula is C14H12ClNO5. The van der Waals surface area contributed by atoms with Crippen molar-refractivity contribution in [2.75, 3.05) is 7.11 Å². The van der Waals surface area contributed by atoms with Crippen LogP contribution in [-0.2, 0) is 14.3 Å². The first-order valence-corrected chi connectivity index (χ1v) is 6.33. The van der Waals surface area contributed by atoms with Crippen LogP contribution < -0.4 is 9.47 Å². The highest BCUT2D eigenvalue weighted by Crippen LogP contribution is 2.37. The fraction of sp³-hybridized carbons (Fsp3) is 0.214. The molecular weight excluding hydrogens is 298 g/mol. The summed E-state index contributed by atoms with van der Waals surface area (Å²) < 4.78 is 15.0. The Kier molecular flexibility index (Phi) is 4.28. The van der Waals surface area contributed by atoms with Gasteiger partial charge in [-0.1, -0.05) is 11.6 Å². The van der Waals surface area contributed by atoms with Gasteiger partial charge in [-0.05, 0) is 23.8 Å². The molecule has 1 aliphatic heterocycles. The highest BCUT2D eigenvalue weighted by atomic mass is 35.5. The van der Waals surface area contributed by atoms with Gasteiger partial charge < -0.3 is 14.2 Å². The molecule has 0 amide bonds. The van der Waals surface area contributed by atoms with Gasteiger partial charge in [0.1, 0.15) is 0 Å². The predicted octanol–water partition coefficient (Wildman–Crippen LogP) is 2.59. The van der Waals surface area contributed by atoms with Gasteiger partial charge in [-0.2, -0.15) is 0 Å². The summed E-state index contributed by atoms with van der Waals surface area (Å²) in [5.41, 5.74) is 0.726. The van der Waals surface area contributed by atoms with E-state index in [1.165, 1.54) is 26.2 Å². The van der Waals surface area contributed by atoms with E-state index in [9.17, 15) is 9.59 Å². The van der Waals surface area contributed by atoms with Gasteiger partial charge in [-0.3, -0.25) is 4.79 Å². The lowest BCUT2D eigenvalue weighted by atomic mass is 10.1. The molecule has 1 heterocycles. The molecule has 0 aromatic heterocycles. The van der Waals surface area contributed by atoms with E-state index in [0.717, 1.165) is 0 Å². The van der Waals surface area contributed by atoms with Crippen LogP contribution >= 0.6 is 11.6 Å². The van der Waals surface area contributed by atoms with Crippen LogP contribution in [0.25, 0.3) is 6.08 Å². The number of esters is 2. The van der Waals surface area contributed by atoms with E-state index in [2.05, 4.69) is 4.99 Å². The minimum Gasteiger partial charge on any atom is -0.493 e. The fourth-order valence-corrected chi connectivity index (χ4v) is 2.00. The maximum Gasteiger partial charge on any atom is 0.363 e. The fourth-order valence-electron chi connectivity index (χ4n) is 1.74. The maximum atomic E-state index is 11.5. The highest BCUT2D eigenvalue weighted by molar-refractivity contribution is 6.32. The van der Waals surface area contributed by atoms with Gasteiger partial charge in [0.05, 0.1) is 12.1 Å². The molecule has 0 saturated heterocycles. The van der Waals surface area contributed by atoms with E-state index in [0.29, 0.717) is 5.56 Å². The van der Waals surface area contributed by atoms with Gasteiger partial charge >= 0.3 is 11.9 Å². The molecule has 1 aliphatic rings. The number of halogens is 1. The first-order valence-electron chi connectivity index (χ1n) is 5.96. The molecule has 6 nitrogen and oxygen atoms in total. The SMILES string of the molecule is COc1cc(/C=C2\N=C(C)OC2=O)cc(Cl)c1OC(C)=O. The average molecular weight is 310 g/mol. The molecule has 0 aliphatic carbocycles. The molecule has 0 N–H and O–H groups in total. The Hall–Kier alpha value is -2.34. The number of hydrogen-bond acceptors (Lipinski definition) is 6. The highest BCUT2D eigenvalue weighted by Gasteiger charge is 2.20. The summed E-state index contributed by atoms with van der Waals surface area (Å²) >= 11 is 6.07. The molecule has 0 radical (unpaired) electrons. The predicted molar refractivity (Wildman–Crippen MR) is 76.5 cm³/mol. The summed E-state index contributed by atoms with van der Waals surface area (Å²) in [6.07, 6.45) is 1.50. The second-order valence-corrected chi connectivity index (χ2v) is 4.58.